The summed E-state index contributed by atoms with van der Waals surface area (Å²) in [5, 5.41) is 2.18. The summed E-state index contributed by atoms with van der Waals surface area (Å²) < 4.78 is 5.92. The van der Waals surface area contributed by atoms with Crippen LogP contribution in [0.15, 0.2) is 24.3 Å². The van der Waals surface area contributed by atoms with Crippen molar-refractivity contribution in [1.29, 1.82) is 0 Å². The highest BCUT2D eigenvalue weighted by atomic mass is 28.4. The fourth-order valence-corrected chi connectivity index (χ4v) is 9.38. The second kappa shape index (κ2) is 5.03. The Balaban J connectivity index is 2.98. The predicted octanol–water partition coefficient (Wildman–Crippen LogP) is 1.21. The monoisotopic (exact) mass is 300 g/mol. The van der Waals surface area contributed by atoms with Crippen LogP contribution in [-0.2, 0) is 4.12 Å². The molecule has 0 aliphatic heterocycles. The van der Waals surface area contributed by atoms with Crippen LogP contribution in [0, 0.1) is 0 Å². The molecule has 0 fully saturated rings. The van der Waals surface area contributed by atoms with Crippen molar-refractivity contribution < 1.29 is 13.7 Å². The van der Waals surface area contributed by atoms with Gasteiger partial charge in [-0.1, -0.05) is 24.3 Å². The van der Waals surface area contributed by atoms with Crippen LogP contribution in [0.25, 0.3) is 0 Å². The molecule has 1 aromatic carbocycles. The van der Waals surface area contributed by atoms with Crippen molar-refractivity contribution in [2.75, 3.05) is 0 Å². The maximum absolute atomic E-state index is 10.1. The van der Waals surface area contributed by atoms with E-state index in [1.165, 1.54) is 0 Å². The Morgan fingerprint density at radius 2 is 1.17 bits per heavy atom. The van der Waals surface area contributed by atoms with Gasteiger partial charge in [-0.05, 0) is 49.7 Å². The molecule has 0 saturated carbocycles. The van der Waals surface area contributed by atoms with Crippen LogP contribution in [-0.4, -0.2) is 34.8 Å². The molecule has 0 aromatic heterocycles. The maximum Gasteiger partial charge on any atom is 0.318 e. The van der Waals surface area contributed by atoms with Crippen molar-refractivity contribution >= 4 is 35.6 Å². The minimum absolute atomic E-state index is 1.02. The molecule has 1 rings (SSSR count). The summed E-state index contributed by atoms with van der Waals surface area (Å²) >= 11 is 0. The van der Waals surface area contributed by atoms with Gasteiger partial charge in [-0.3, -0.25) is 0 Å². The Hall–Kier alpha value is -0.249. The van der Waals surface area contributed by atoms with Crippen LogP contribution >= 0.6 is 0 Å². The third-order valence-corrected chi connectivity index (χ3v) is 10.3. The second-order valence-corrected chi connectivity index (χ2v) is 17.2. The van der Waals surface area contributed by atoms with Gasteiger partial charge in [0.2, 0.25) is 16.6 Å². The van der Waals surface area contributed by atoms with Gasteiger partial charge in [-0.15, -0.1) is 0 Å². The summed E-state index contributed by atoms with van der Waals surface area (Å²) in [4.78, 5) is 20.0. The molecule has 0 atom stereocenters. The van der Waals surface area contributed by atoms with Gasteiger partial charge in [0.1, 0.15) is 0 Å². The van der Waals surface area contributed by atoms with E-state index < -0.39 is 25.2 Å². The van der Waals surface area contributed by atoms with Gasteiger partial charge < -0.3 is 13.7 Å². The summed E-state index contributed by atoms with van der Waals surface area (Å²) in [6.45, 7) is 11.6. The van der Waals surface area contributed by atoms with E-state index in [0.29, 0.717) is 0 Å². The molecule has 0 unspecified atom stereocenters. The molecule has 0 radical (unpaired) electrons. The first kappa shape index (κ1) is 15.8. The van der Waals surface area contributed by atoms with Gasteiger partial charge in [-0.25, -0.2) is 0 Å². The molecule has 0 spiro atoms. The number of hydrogen-bond donors (Lipinski definition) is 2. The summed E-state index contributed by atoms with van der Waals surface area (Å²) in [6.07, 6.45) is 0. The van der Waals surface area contributed by atoms with Crippen LogP contribution in [0.4, 0.5) is 0 Å². The highest BCUT2D eigenvalue weighted by molar-refractivity contribution is 6.90. The van der Waals surface area contributed by atoms with Crippen LogP contribution in [0.1, 0.15) is 0 Å². The lowest BCUT2D eigenvalue weighted by Crippen LogP contribution is -2.53. The Morgan fingerprint density at radius 1 is 0.778 bits per heavy atom. The van der Waals surface area contributed by atoms with Crippen molar-refractivity contribution in [2.24, 2.45) is 0 Å². The van der Waals surface area contributed by atoms with Crippen LogP contribution < -0.4 is 10.4 Å². The lowest BCUT2D eigenvalue weighted by Gasteiger charge is -2.30. The second-order valence-electron chi connectivity index (χ2n) is 6.20. The predicted molar refractivity (Wildman–Crippen MR) is 83.7 cm³/mol. The summed E-state index contributed by atoms with van der Waals surface area (Å²) in [5.41, 5.74) is 0. The molecule has 3 nitrogen and oxygen atoms in total. The van der Waals surface area contributed by atoms with Crippen LogP contribution in [0.5, 0.6) is 0 Å². The van der Waals surface area contributed by atoms with E-state index >= 15 is 0 Å². The maximum atomic E-state index is 10.1. The minimum Gasteiger partial charge on any atom is -0.432 e. The topological polar surface area (TPSA) is 49.7 Å². The molecule has 1 aromatic rings. The average molecular weight is 301 g/mol. The Bertz CT molecular complexity index is 402. The molecule has 2 N–H and O–H groups in total. The molecule has 0 bridgehead atoms. The quantitative estimate of drug-likeness (QED) is 0.822. The lowest BCUT2D eigenvalue weighted by molar-refractivity contribution is 0.391. The average Bonchev–Trinajstić information content (AvgIpc) is 2.13. The van der Waals surface area contributed by atoms with E-state index in [0.717, 1.165) is 10.4 Å². The van der Waals surface area contributed by atoms with Gasteiger partial charge in [0, 0.05) is 0 Å². The fraction of sp³-hybridized carbons (Fsp3) is 0.500. The third kappa shape index (κ3) is 4.45. The normalized spacial score (nSPS) is 13.8. The van der Waals surface area contributed by atoms with E-state index in [-0.39, 0.29) is 0 Å². The van der Waals surface area contributed by atoms with Crippen molar-refractivity contribution in [3.05, 3.63) is 24.3 Å². The lowest BCUT2D eigenvalue weighted by atomic mass is 10.4. The molecular formula is C12H24O3Si3. The zero-order chi connectivity index (χ0) is 14.2. The standard InChI is InChI=1S/C12H24O3Si3/c1-16(2,13)11-7-9-12(10-8-11)17(3,4)15-18(5,6)14/h7-10,13-14H,1-6H3. The molecule has 0 aliphatic carbocycles. The zero-order valence-electron chi connectivity index (χ0n) is 12.1. The Kier molecular flexibility index (Phi) is 4.41. The van der Waals surface area contributed by atoms with Crippen molar-refractivity contribution in [3.8, 4) is 0 Å². The SMILES string of the molecule is C[Si](C)(O)O[Si](C)(C)c1ccc([Si](C)(C)O)cc1. The number of hydrogen-bond acceptors (Lipinski definition) is 3. The molecule has 6 heteroatoms. The van der Waals surface area contributed by atoms with Gasteiger partial charge in [0.25, 0.3) is 0 Å². The summed E-state index contributed by atoms with van der Waals surface area (Å²) in [5.74, 6) is 0. The highest BCUT2D eigenvalue weighted by Gasteiger charge is 2.34. The molecule has 0 amide bonds. The first-order chi connectivity index (χ1) is 7.92. The van der Waals surface area contributed by atoms with Gasteiger partial charge in [-0.2, -0.15) is 0 Å². The smallest absolute Gasteiger partial charge is 0.318 e. The van der Waals surface area contributed by atoms with Crippen molar-refractivity contribution in [1.82, 2.24) is 0 Å². The Labute approximate surface area is 113 Å². The van der Waals surface area contributed by atoms with Crippen molar-refractivity contribution in [2.45, 2.75) is 39.3 Å². The largest absolute Gasteiger partial charge is 0.432 e. The van der Waals surface area contributed by atoms with Gasteiger partial charge in [0.15, 0.2) is 0 Å². The van der Waals surface area contributed by atoms with E-state index in [9.17, 15) is 9.59 Å². The summed E-state index contributed by atoms with van der Waals surface area (Å²) in [7, 11) is -6.78. The van der Waals surface area contributed by atoms with E-state index in [1.54, 1.807) is 13.1 Å². The van der Waals surface area contributed by atoms with E-state index in [4.69, 9.17) is 4.12 Å². The van der Waals surface area contributed by atoms with E-state index in [1.807, 2.05) is 37.4 Å². The number of rotatable bonds is 4. The van der Waals surface area contributed by atoms with Gasteiger partial charge in [0.05, 0.1) is 0 Å². The summed E-state index contributed by atoms with van der Waals surface area (Å²) in [6, 6.07) is 8.05. The Morgan fingerprint density at radius 3 is 1.50 bits per heavy atom. The van der Waals surface area contributed by atoms with E-state index in [2.05, 4.69) is 13.1 Å². The molecule has 18 heavy (non-hydrogen) atoms. The molecule has 0 aliphatic rings. The first-order valence-corrected chi connectivity index (χ1v) is 14.9. The molecule has 0 saturated heterocycles. The van der Waals surface area contributed by atoms with Crippen LogP contribution in [0.2, 0.25) is 39.3 Å². The fourth-order valence-electron chi connectivity index (χ4n) is 1.96. The number of benzene rings is 1. The molecule has 0 heterocycles. The van der Waals surface area contributed by atoms with Gasteiger partial charge >= 0.3 is 8.56 Å². The minimum atomic E-state index is -2.50. The first-order valence-electron chi connectivity index (χ1n) is 6.18. The van der Waals surface area contributed by atoms with Crippen molar-refractivity contribution in [3.63, 3.8) is 0 Å². The molecule has 102 valence electrons. The zero-order valence-corrected chi connectivity index (χ0v) is 15.1. The molecular weight excluding hydrogens is 276 g/mol. The van der Waals surface area contributed by atoms with Crippen LogP contribution in [0.3, 0.4) is 0 Å². The third-order valence-electron chi connectivity index (χ3n) is 2.79. The highest BCUT2D eigenvalue weighted by Crippen LogP contribution is 2.12.